The number of aromatic amines is 1. The number of carbonyl (C=O) groups excluding carboxylic acids is 5. The Morgan fingerprint density at radius 2 is 1.52 bits per heavy atom. The first-order chi connectivity index (χ1) is 28.0. The van der Waals surface area contributed by atoms with Crippen LogP contribution in [-0.2, 0) is 41.8 Å². The van der Waals surface area contributed by atoms with Gasteiger partial charge in [0.05, 0.1) is 18.6 Å². The molecule has 6 atom stereocenters. The molecule has 0 spiro atoms. The third-order valence-corrected chi connectivity index (χ3v) is 11.9. The number of H-pyrrole nitrogens is 1. The lowest BCUT2D eigenvalue weighted by Crippen LogP contribution is -2.58. The molecular formula is C44H50FN5O8. The van der Waals surface area contributed by atoms with E-state index in [2.05, 4.69) is 10.3 Å². The molecule has 0 bridgehead atoms. The number of hydrogen-bond donors (Lipinski definition) is 2. The van der Waals surface area contributed by atoms with Gasteiger partial charge in [-0.15, -0.1) is 0 Å². The second-order valence-corrected chi connectivity index (χ2v) is 15.6. The molecule has 0 radical (unpaired) electrons. The molecule has 13 nitrogen and oxygen atoms in total. The Hall–Kier alpha value is -5.92. The standard InChI is InChI=1S/C44H50FN5O8/c1-27(48(3)43(54)56-25-29-13-7-4-8-14-29)41(52)47-38(31-17-11-6-12-18-31)42(53)49-24-37(58-28(2)51)40-39(49)35(34-22-46-36-21-32(45)19-20-33(34)36)23-50(40)44(55)57-26-30-15-9-5-10-16-30/h4-5,7-10,13-16,19-22,27,31,35,37-40,46H,6,11-12,17-18,23-26H2,1-3H3,(H,47,52)/t27-,35-,37+,38-,39+,40+/m0/s1. The van der Waals surface area contributed by atoms with Gasteiger partial charge in [0, 0.05) is 43.5 Å². The average molecular weight is 796 g/mol. The summed E-state index contributed by atoms with van der Waals surface area (Å²) in [4.78, 5) is 76.5. The molecule has 4 amide bonds. The first kappa shape index (κ1) is 40.3. The molecule has 2 aliphatic heterocycles. The monoisotopic (exact) mass is 795 g/mol. The Morgan fingerprint density at radius 1 is 0.862 bits per heavy atom. The molecule has 14 heteroatoms. The van der Waals surface area contributed by atoms with Crippen LogP contribution in [0.5, 0.6) is 0 Å². The first-order valence-corrected chi connectivity index (χ1v) is 20.0. The third kappa shape index (κ3) is 8.65. The van der Waals surface area contributed by atoms with Crippen LogP contribution in [0.4, 0.5) is 14.0 Å². The number of esters is 1. The van der Waals surface area contributed by atoms with Gasteiger partial charge in [-0.2, -0.15) is 0 Å². The van der Waals surface area contributed by atoms with Gasteiger partial charge in [0.1, 0.15) is 37.2 Å². The van der Waals surface area contributed by atoms with E-state index >= 15 is 4.79 Å². The maximum absolute atomic E-state index is 15.2. The maximum atomic E-state index is 15.2. The second kappa shape index (κ2) is 17.7. The fourth-order valence-electron chi connectivity index (χ4n) is 8.83. The predicted molar refractivity (Wildman–Crippen MR) is 212 cm³/mol. The maximum Gasteiger partial charge on any atom is 0.410 e. The van der Waals surface area contributed by atoms with E-state index in [1.807, 2.05) is 60.7 Å². The van der Waals surface area contributed by atoms with Crippen molar-refractivity contribution in [3.05, 3.63) is 108 Å². The van der Waals surface area contributed by atoms with Gasteiger partial charge in [0.25, 0.3) is 0 Å². The molecule has 3 fully saturated rings. The fraction of sp³-hybridized carbons (Fsp3) is 0.432. The zero-order valence-electron chi connectivity index (χ0n) is 33.0. The summed E-state index contributed by atoms with van der Waals surface area (Å²) in [6.45, 7) is 2.98. The molecule has 2 saturated heterocycles. The van der Waals surface area contributed by atoms with E-state index in [9.17, 15) is 23.6 Å². The number of amides is 4. The summed E-state index contributed by atoms with van der Waals surface area (Å²) < 4.78 is 31.5. The highest BCUT2D eigenvalue weighted by Gasteiger charge is 2.59. The average Bonchev–Trinajstić information content (AvgIpc) is 3.94. The van der Waals surface area contributed by atoms with Crippen molar-refractivity contribution in [1.82, 2.24) is 25.0 Å². The number of halogens is 1. The van der Waals surface area contributed by atoms with Crippen LogP contribution in [0, 0.1) is 11.7 Å². The topological polar surface area (TPSA) is 151 Å². The Kier molecular flexibility index (Phi) is 12.3. The molecule has 3 aromatic carbocycles. The van der Waals surface area contributed by atoms with E-state index in [1.54, 1.807) is 24.1 Å². The van der Waals surface area contributed by atoms with Gasteiger partial charge in [-0.05, 0) is 60.6 Å². The second-order valence-electron chi connectivity index (χ2n) is 15.6. The number of fused-ring (bicyclic) bond motifs is 2. The first-order valence-electron chi connectivity index (χ1n) is 20.0. The van der Waals surface area contributed by atoms with E-state index < -0.39 is 66.1 Å². The molecule has 0 unspecified atom stereocenters. The van der Waals surface area contributed by atoms with Crippen molar-refractivity contribution in [2.24, 2.45) is 5.92 Å². The summed E-state index contributed by atoms with van der Waals surface area (Å²) in [6, 6.07) is 19.4. The Labute approximate surface area is 336 Å². The molecule has 7 rings (SSSR count). The molecule has 2 N–H and O–H groups in total. The summed E-state index contributed by atoms with van der Waals surface area (Å²) in [5.41, 5.74) is 2.90. The fourth-order valence-corrected chi connectivity index (χ4v) is 8.83. The number of likely N-dealkylation sites (N-methyl/N-ethyl adjacent to an activating group) is 1. The quantitative estimate of drug-likeness (QED) is 0.133. The molecular weight excluding hydrogens is 746 g/mol. The van der Waals surface area contributed by atoms with Crippen molar-refractivity contribution in [2.45, 2.75) is 95.4 Å². The van der Waals surface area contributed by atoms with Crippen molar-refractivity contribution < 1.29 is 42.6 Å². The van der Waals surface area contributed by atoms with Crippen LogP contribution in [0.25, 0.3) is 10.9 Å². The SMILES string of the molecule is CC(=O)O[C@@H]1CN(C(=O)[C@@H](NC(=O)[C@H](C)N(C)C(=O)OCc2ccccc2)C2CCCCC2)[C@H]2[C@@H]1N(C(=O)OCc1ccccc1)C[C@H]2c1c[nH]c2cc(F)ccc12. The van der Waals surface area contributed by atoms with Crippen molar-refractivity contribution in [1.29, 1.82) is 0 Å². The summed E-state index contributed by atoms with van der Waals surface area (Å²) in [5.74, 6) is -2.61. The van der Waals surface area contributed by atoms with Gasteiger partial charge in [-0.1, -0.05) is 79.9 Å². The Morgan fingerprint density at radius 3 is 2.17 bits per heavy atom. The predicted octanol–water partition coefficient (Wildman–Crippen LogP) is 6.28. The van der Waals surface area contributed by atoms with E-state index in [0.717, 1.165) is 41.3 Å². The molecule has 4 aromatic rings. The minimum Gasteiger partial charge on any atom is -0.458 e. The molecule has 58 heavy (non-hydrogen) atoms. The summed E-state index contributed by atoms with van der Waals surface area (Å²) in [7, 11) is 1.48. The number of carbonyl (C=O) groups is 5. The normalized spacial score (nSPS) is 21.5. The van der Waals surface area contributed by atoms with Gasteiger partial charge < -0.3 is 29.4 Å². The van der Waals surface area contributed by atoms with Gasteiger partial charge in [-0.3, -0.25) is 24.2 Å². The summed E-state index contributed by atoms with van der Waals surface area (Å²) in [6.07, 6.45) is 3.69. The number of likely N-dealkylation sites (tertiary alicyclic amines) is 2. The van der Waals surface area contributed by atoms with Gasteiger partial charge in [-0.25, -0.2) is 14.0 Å². The Balaban J connectivity index is 1.19. The largest absolute Gasteiger partial charge is 0.458 e. The molecule has 1 aliphatic carbocycles. The van der Waals surface area contributed by atoms with Crippen LogP contribution in [0.15, 0.2) is 85.1 Å². The van der Waals surface area contributed by atoms with Crippen molar-refractivity contribution in [3.8, 4) is 0 Å². The van der Waals surface area contributed by atoms with E-state index in [-0.39, 0.29) is 38.1 Å². The highest BCUT2D eigenvalue weighted by molar-refractivity contribution is 5.92. The van der Waals surface area contributed by atoms with Crippen molar-refractivity contribution in [2.75, 3.05) is 20.1 Å². The Bertz CT molecular complexity index is 2110. The molecule has 306 valence electrons. The lowest BCUT2D eigenvalue weighted by atomic mass is 9.82. The van der Waals surface area contributed by atoms with Gasteiger partial charge >= 0.3 is 18.2 Å². The minimum absolute atomic E-state index is 0.00762. The zero-order valence-corrected chi connectivity index (χ0v) is 33.0. The lowest BCUT2D eigenvalue weighted by Gasteiger charge is -2.36. The van der Waals surface area contributed by atoms with Crippen LogP contribution in [0.3, 0.4) is 0 Å². The van der Waals surface area contributed by atoms with Crippen LogP contribution in [0.1, 0.15) is 68.6 Å². The van der Waals surface area contributed by atoms with E-state index in [4.69, 9.17) is 14.2 Å². The molecule has 3 aliphatic rings. The van der Waals surface area contributed by atoms with Crippen LogP contribution in [-0.4, -0.2) is 100 Å². The van der Waals surface area contributed by atoms with Crippen LogP contribution < -0.4 is 5.32 Å². The van der Waals surface area contributed by atoms with Gasteiger partial charge in [0.2, 0.25) is 11.8 Å². The number of aromatic nitrogens is 1. The summed E-state index contributed by atoms with van der Waals surface area (Å²) in [5, 5.41) is 3.75. The zero-order chi connectivity index (χ0) is 40.9. The van der Waals surface area contributed by atoms with Crippen LogP contribution >= 0.6 is 0 Å². The number of nitrogens with zero attached hydrogens (tertiary/aromatic N) is 3. The lowest BCUT2D eigenvalue weighted by molar-refractivity contribution is -0.148. The van der Waals surface area contributed by atoms with Crippen LogP contribution in [0.2, 0.25) is 0 Å². The smallest absolute Gasteiger partial charge is 0.410 e. The molecule has 1 saturated carbocycles. The van der Waals surface area contributed by atoms with Crippen molar-refractivity contribution >= 4 is 40.9 Å². The third-order valence-electron chi connectivity index (χ3n) is 11.9. The number of ether oxygens (including phenoxy) is 3. The number of benzene rings is 3. The molecule has 1 aromatic heterocycles. The highest BCUT2D eigenvalue weighted by atomic mass is 19.1. The van der Waals surface area contributed by atoms with Crippen molar-refractivity contribution in [3.63, 3.8) is 0 Å². The van der Waals surface area contributed by atoms with E-state index in [0.29, 0.717) is 18.4 Å². The summed E-state index contributed by atoms with van der Waals surface area (Å²) >= 11 is 0. The number of rotatable bonds is 11. The number of hydrogen-bond acceptors (Lipinski definition) is 8. The van der Waals surface area contributed by atoms with E-state index in [1.165, 1.54) is 35.9 Å². The highest BCUT2D eigenvalue weighted by Crippen LogP contribution is 2.45. The number of nitrogens with one attached hydrogen (secondary N) is 2. The van der Waals surface area contributed by atoms with Gasteiger partial charge in [0.15, 0.2) is 0 Å². The molecule has 3 heterocycles. The minimum atomic E-state index is -0.983.